The van der Waals surface area contributed by atoms with Crippen molar-refractivity contribution in [1.29, 1.82) is 0 Å². The Balaban J connectivity index is 1.66. The summed E-state index contributed by atoms with van der Waals surface area (Å²) in [5.74, 6) is 1.59. The molecule has 0 saturated heterocycles. The molecule has 0 spiro atoms. The molecule has 0 aliphatic carbocycles. The second-order valence-corrected chi connectivity index (χ2v) is 8.75. The van der Waals surface area contributed by atoms with Crippen LogP contribution in [0.3, 0.4) is 0 Å². The SMILES string of the molecule is COc1cc2c(cc1OCc1ccccc1)C(c1ccc(Br)s1)NCC2. The van der Waals surface area contributed by atoms with Crippen molar-refractivity contribution in [2.45, 2.75) is 19.1 Å². The van der Waals surface area contributed by atoms with Crippen LogP contribution in [-0.4, -0.2) is 13.7 Å². The average Bonchev–Trinajstić information content (AvgIpc) is 3.12. The van der Waals surface area contributed by atoms with E-state index < -0.39 is 0 Å². The van der Waals surface area contributed by atoms with Gasteiger partial charge in [-0.3, -0.25) is 0 Å². The van der Waals surface area contributed by atoms with Crippen molar-refractivity contribution < 1.29 is 9.47 Å². The van der Waals surface area contributed by atoms with Gasteiger partial charge in [-0.25, -0.2) is 0 Å². The van der Waals surface area contributed by atoms with E-state index in [1.54, 1.807) is 18.4 Å². The third-order valence-corrected chi connectivity index (χ3v) is 6.28. The van der Waals surface area contributed by atoms with Gasteiger partial charge in [0, 0.05) is 11.4 Å². The Bertz CT molecular complexity index is 894. The van der Waals surface area contributed by atoms with Gasteiger partial charge < -0.3 is 14.8 Å². The van der Waals surface area contributed by atoms with Crippen molar-refractivity contribution in [3.8, 4) is 11.5 Å². The first-order valence-electron chi connectivity index (χ1n) is 8.61. The molecule has 0 bridgehead atoms. The minimum Gasteiger partial charge on any atom is -0.493 e. The van der Waals surface area contributed by atoms with Crippen LogP contribution in [0.4, 0.5) is 0 Å². The van der Waals surface area contributed by atoms with E-state index in [9.17, 15) is 0 Å². The highest BCUT2D eigenvalue weighted by Gasteiger charge is 2.25. The van der Waals surface area contributed by atoms with Gasteiger partial charge in [0.15, 0.2) is 11.5 Å². The van der Waals surface area contributed by atoms with Crippen molar-refractivity contribution >= 4 is 27.3 Å². The number of hydrogen-bond acceptors (Lipinski definition) is 4. The minimum atomic E-state index is 0.194. The Morgan fingerprint density at radius 1 is 1.12 bits per heavy atom. The zero-order chi connectivity index (χ0) is 17.9. The molecule has 134 valence electrons. The number of ether oxygens (including phenoxy) is 2. The van der Waals surface area contributed by atoms with Gasteiger partial charge >= 0.3 is 0 Å². The Hall–Kier alpha value is -1.82. The highest BCUT2D eigenvalue weighted by atomic mass is 79.9. The first-order valence-corrected chi connectivity index (χ1v) is 10.2. The highest BCUT2D eigenvalue weighted by Crippen LogP contribution is 2.40. The normalized spacial score (nSPS) is 16.2. The summed E-state index contributed by atoms with van der Waals surface area (Å²) in [6.45, 7) is 1.49. The van der Waals surface area contributed by atoms with Crippen LogP contribution in [-0.2, 0) is 13.0 Å². The molecule has 2 heterocycles. The van der Waals surface area contributed by atoms with Gasteiger partial charge in [0.1, 0.15) is 6.61 Å². The van der Waals surface area contributed by atoms with Crippen molar-refractivity contribution in [3.63, 3.8) is 0 Å². The number of fused-ring (bicyclic) bond motifs is 1. The van der Waals surface area contributed by atoms with Crippen molar-refractivity contribution in [2.24, 2.45) is 0 Å². The van der Waals surface area contributed by atoms with E-state index in [0.29, 0.717) is 6.61 Å². The lowest BCUT2D eigenvalue weighted by molar-refractivity contribution is 0.283. The number of methoxy groups -OCH3 is 1. The smallest absolute Gasteiger partial charge is 0.162 e. The summed E-state index contributed by atoms with van der Waals surface area (Å²) in [5.41, 5.74) is 3.74. The lowest BCUT2D eigenvalue weighted by Crippen LogP contribution is -2.30. The third-order valence-electron chi connectivity index (χ3n) is 4.59. The van der Waals surface area contributed by atoms with E-state index in [1.165, 1.54) is 16.0 Å². The number of hydrogen-bond donors (Lipinski definition) is 1. The zero-order valence-corrected chi connectivity index (χ0v) is 16.9. The van der Waals surface area contributed by atoms with E-state index in [2.05, 4.69) is 57.6 Å². The second kappa shape index (κ2) is 7.82. The van der Waals surface area contributed by atoms with E-state index in [-0.39, 0.29) is 6.04 Å². The molecule has 0 amide bonds. The molecule has 3 aromatic rings. The molecule has 1 unspecified atom stereocenters. The number of thiophene rings is 1. The van der Waals surface area contributed by atoms with E-state index in [0.717, 1.165) is 33.8 Å². The summed E-state index contributed by atoms with van der Waals surface area (Å²) >= 11 is 5.34. The lowest BCUT2D eigenvalue weighted by Gasteiger charge is -2.27. The number of benzene rings is 2. The molecule has 1 atom stereocenters. The number of rotatable bonds is 5. The van der Waals surface area contributed by atoms with Crippen molar-refractivity contribution in [2.75, 3.05) is 13.7 Å². The summed E-state index contributed by atoms with van der Waals surface area (Å²) in [6.07, 6.45) is 0.994. The fourth-order valence-corrected chi connectivity index (χ4v) is 4.83. The molecule has 0 saturated carbocycles. The van der Waals surface area contributed by atoms with Crippen LogP contribution in [0.5, 0.6) is 11.5 Å². The van der Waals surface area contributed by atoms with E-state index >= 15 is 0 Å². The van der Waals surface area contributed by atoms with Gasteiger partial charge in [-0.2, -0.15) is 0 Å². The average molecular weight is 430 g/mol. The molecule has 26 heavy (non-hydrogen) atoms. The van der Waals surface area contributed by atoms with Crippen LogP contribution in [0.25, 0.3) is 0 Å². The predicted octanol–water partition coefficient (Wildman–Crippen LogP) is 5.33. The zero-order valence-electron chi connectivity index (χ0n) is 14.5. The van der Waals surface area contributed by atoms with Gasteiger partial charge in [0.2, 0.25) is 0 Å². The highest BCUT2D eigenvalue weighted by molar-refractivity contribution is 9.11. The number of nitrogens with one attached hydrogen (secondary N) is 1. The van der Waals surface area contributed by atoms with Crippen molar-refractivity contribution in [3.05, 3.63) is 80.0 Å². The minimum absolute atomic E-state index is 0.194. The topological polar surface area (TPSA) is 30.5 Å². The Morgan fingerprint density at radius 2 is 1.96 bits per heavy atom. The third kappa shape index (κ3) is 3.65. The molecule has 0 radical (unpaired) electrons. The maximum absolute atomic E-state index is 6.11. The van der Waals surface area contributed by atoms with Gasteiger partial charge in [-0.05, 0) is 63.3 Å². The largest absolute Gasteiger partial charge is 0.493 e. The maximum Gasteiger partial charge on any atom is 0.162 e. The van der Waals surface area contributed by atoms with Crippen LogP contribution in [0.15, 0.2) is 58.4 Å². The summed E-state index contributed by atoms with van der Waals surface area (Å²) in [4.78, 5) is 1.30. The quantitative estimate of drug-likeness (QED) is 0.593. The van der Waals surface area contributed by atoms with Crippen LogP contribution in [0.1, 0.15) is 27.6 Å². The number of halogens is 1. The molecule has 1 aliphatic rings. The van der Waals surface area contributed by atoms with Gasteiger partial charge in [0.05, 0.1) is 16.9 Å². The first-order chi connectivity index (χ1) is 12.7. The molecule has 1 aliphatic heterocycles. The van der Waals surface area contributed by atoms with Crippen LogP contribution < -0.4 is 14.8 Å². The molecule has 5 heteroatoms. The Labute approximate surface area is 166 Å². The monoisotopic (exact) mass is 429 g/mol. The second-order valence-electron chi connectivity index (χ2n) is 6.26. The molecule has 4 rings (SSSR count). The Kier molecular flexibility index (Phi) is 5.29. The lowest BCUT2D eigenvalue weighted by atomic mass is 9.92. The predicted molar refractivity (Wildman–Crippen MR) is 109 cm³/mol. The molecule has 3 nitrogen and oxygen atoms in total. The summed E-state index contributed by atoms with van der Waals surface area (Å²) in [5, 5.41) is 3.64. The standard InChI is InChI=1S/C21H20BrNO2S/c1-24-17-11-15-9-10-23-21(19-7-8-20(22)26-19)16(15)12-18(17)25-13-14-5-3-2-4-6-14/h2-8,11-12,21,23H,9-10,13H2,1H3. The van der Waals surface area contributed by atoms with E-state index in [1.807, 2.05) is 18.2 Å². The van der Waals surface area contributed by atoms with Gasteiger partial charge in [-0.1, -0.05) is 30.3 Å². The fraction of sp³-hybridized carbons (Fsp3) is 0.238. The molecule has 1 N–H and O–H groups in total. The molecule has 0 fully saturated rings. The summed E-state index contributed by atoms with van der Waals surface area (Å²) in [6, 6.07) is 18.9. The van der Waals surface area contributed by atoms with E-state index in [4.69, 9.17) is 9.47 Å². The maximum atomic E-state index is 6.11. The summed E-state index contributed by atoms with van der Waals surface area (Å²) in [7, 11) is 1.70. The molecular formula is C21H20BrNO2S. The molecule has 1 aromatic heterocycles. The molecule has 2 aromatic carbocycles. The van der Waals surface area contributed by atoms with Gasteiger partial charge in [-0.15, -0.1) is 11.3 Å². The van der Waals surface area contributed by atoms with Gasteiger partial charge in [0.25, 0.3) is 0 Å². The van der Waals surface area contributed by atoms with Crippen molar-refractivity contribution in [1.82, 2.24) is 5.32 Å². The summed E-state index contributed by atoms with van der Waals surface area (Å²) < 4.78 is 12.9. The van der Waals surface area contributed by atoms with Crippen LogP contribution >= 0.6 is 27.3 Å². The van der Waals surface area contributed by atoms with Crippen LogP contribution in [0, 0.1) is 0 Å². The molecular weight excluding hydrogens is 410 g/mol. The first kappa shape index (κ1) is 17.6. The fourth-order valence-electron chi connectivity index (χ4n) is 3.31. The Morgan fingerprint density at radius 3 is 2.69 bits per heavy atom. The van der Waals surface area contributed by atoms with Crippen LogP contribution in [0.2, 0.25) is 0 Å².